The van der Waals surface area contributed by atoms with E-state index in [1.165, 1.54) is 4.90 Å². The summed E-state index contributed by atoms with van der Waals surface area (Å²) in [6.07, 6.45) is 1.68. The molecule has 1 heterocycles. The number of carbonyl (C=O) groups excluding carboxylic acids is 2. The predicted molar refractivity (Wildman–Crippen MR) is 149 cm³/mol. The number of benzene rings is 3. The fourth-order valence-electron chi connectivity index (χ4n) is 3.50. The van der Waals surface area contributed by atoms with Crippen LogP contribution in [0.1, 0.15) is 16.7 Å². The van der Waals surface area contributed by atoms with Crippen molar-refractivity contribution in [1.82, 2.24) is 4.90 Å². The topological polar surface area (TPSA) is 65.1 Å². The van der Waals surface area contributed by atoms with E-state index in [0.29, 0.717) is 38.8 Å². The summed E-state index contributed by atoms with van der Waals surface area (Å²) in [6, 6.07) is 19.1. The van der Waals surface area contributed by atoms with Crippen molar-refractivity contribution in [1.29, 1.82) is 0 Å². The first kappa shape index (κ1) is 26.3. The highest BCUT2D eigenvalue weighted by Crippen LogP contribution is 2.39. The quantitative estimate of drug-likeness (QED) is 0.232. The zero-order valence-electron chi connectivity index (χ0n) is 19.6. The Balaban J connectivity index is 1.43. The monoisotopic (exact) mass is 631 g/mol. The first-order valence-corrected chi connectivity index (χ1v) is 13.4. The molecular formula is C27H23Br2NO5S. The lowest BCUT2D eigenvalue weighted by atomic mass is 10.1. The van der Waals surface area contributed by atoms with E-state index in [1.54, 1.807) is 19.3 Å². The molecule has 0 radical (unpaired) electrons. The van der Waals surface area contributed by atoms with Crippen molar-refractivity contribution in [3.05, 3.63) is 91.2 Å². The van der Waals surface area contributed by atoms with E-state index in [4.69, 9.17) is 14.2 Å². The summed E-state index contributed by atoms with van der Waals surface area (Å²) in [4.78, 5) is 26.9. The van der Waals surface area contributed by atoms with Crippen LogP contribution >= 0.6 is 43.6 Å². The van der Waals surface area contributed by atoms with Gasteiger partial charge in [-0.05, 0) is 93.8 Å². The zero-order valence-corrected chi connectivity index (χ0v) is 23.6. The third-order valence-corrected chi connectivity index (χ3v) is 7.32. The number of hydrogen-bond donors (Lipinski definition) is 0. The molecule has 9 heteroatoms. The van der Waals surface area contributed by atoms with Crippen LogP contribution in [0, 0.1) is 6.92 Å². The van der Waals surface area contributed by atoms with Crippen LogP contribution in [0.25, 0.3) is 6.08 Å². The molecule has 6 nitrogen and oxygen atoms in total. The minimum absolute atomic E-state index is 0.172. The first-order valence-electron chi connectivity index (χ1n) is 11.0. The number of aryl methyl sites for hydroxylation is 1. The average Bonchev–Trinajstić information content (AvgIpc) is 3.11. The smallest absolute Gasteiger partial charge is 0.293 e. The summed E-state index contributed by atoms with van der Waals surface area (Å²) in [5.41, 5.74) is 2.79. The number of nitrogens with zero attached hydrogens (tertiary/aromatic N) is 1. The number of rotatable bonds is 9. The van der Waals surface area contributed by atoms with Crippen molar-refractivity contribution in [2.75, 3.05) is 20.3 Å². The molecule has 2 amide bonds. The molecule has 1 aliphatic rings. The van der Waals surface area contributed by atoms with Crippen LogP contribution in [-0.4, -0.2) is 36.3 Å². The Morgan fingerprint density at radius 1 is 1.00 bits per heavy atom. The first-order chi connectivity index (χ1) is 17.3. The normalized spacial score (nSPS) is 14.4. The minimum atomic E-state index is -0.344. The molecule has 0 atom stereocenters. The highest BCUT2D eigenvalue weighted by atomic mass is 79.9. The van der Waals surface area contributed by atoms with Crippen molar-refractivity contribution in [3.8, 4) is 17.2 Å². The molecule has 1 fully saturated rings. The maximum atomic E-state index is 12.9. The van der Waals surface area contributed by atoms with Gasteiger partial charge < -0.3 is 14.2 Å². The SMILES string of the molecule is COc1cc(/C=C2\SC(=O)N(CCOc3cccc(C)c3)C2=O)cc(Br)c1OCc1ccc(Br)cc1. The molecule has 36 heavy (non-hydrogen) atoms. The van der Waals surface area contributed by atoms with Gasteiger partial charge in [-0.15, -0.1) is 0 Å². The van der Waals surface area contributed by atoms with Gasteiger partial charge in [-0.2, -0.15) is 0 Å². The van der Waals surface area contributed by atoms with E-state index >= 15 is 0 Å². The molecule has 0 N–H and O–H groups in total. The van der Waals surface area contributed by atoms with Gasteiger partial charge in [-0.1, -0.05) is 40.2 Å². The molecule has 0 aromatic heterocycles. The Morgan fingerprint density at radius 3 is 2.50 bits per heavy atom. The van der Waals surface area contributed by atoms with Gasteiger partial charge in [0.25, 0.3) is 11.1 Å². The Morgan fingerprint density at radius 2 is 1.78 bits per heavy atom. The van der Waals surface area contributed by atoms with Gasteiger partial charge in [0.1, 0.15) is 19.0 Å². The molecule has 1 saturated heterocycles. The molecular weight excluding hydrogens is 610 g/mol. The van der Waals surface area contributed by atoms with E-state index in [-0.39, 0.29) is 24.3 Å². The largest absolute Gasteiger partial charge is 0.493 e. The molecule has 0 spiro atoms. The minimum Gasteiger partial charge on any atom is -0.493 e. The van der Waals surface area contributed by atoms with Gasteiger partial charge >= 0.3 is 0 Å². The number of imide groups is 1. The van der Waals surface area contributed by atoms with Gasteiger partial charge in [-0.25, -0.2) is 0 Å². The van der Waals surface area contributed by atoms with Gasteiger partial charge in [-0.3, -0.25) is 14.5 Å². The third kappa shape index (κ3) is 6.52. The summed E-state index contributed by atoms with van der Waals surface area (Å²) in [6.45, 7) is 2.73. The number of methoxy groups -OCH3 is 1. The number of halogens is 2. The Bertz CT molecular complexity index is 1310. The summed E-state index contributed by atoms with van der Waals surface area (Å²) in [5.74, 6) is 1.43. The van der Waals surface area contributed by atoms with Crippen LogP contribution in [0.3, 0.4) is 0 Å². The van der Waals surface area contributed by atoms with Gasteiger partial charge in [0.15, 0.2) is 11.5 Å². The number of ether oxygens (including phenoxy) is 3. The third-order valence-electron chi connectivity index (χ3n) is 5.29. The van der Waals surface area contributed by atoms with Crippen molar-refractivity contribution in [2.45, 2.75) is 13.5 Å². The fourth-order valence-corrected chi connectivity index (χ4v) is 5.21. The second-order valence-corrected chi connectivity index (χ2v) is 10.7. The summed E-state index contributed by atoms with van der Waals surface area (Å²) in [5, 5.41) is -0.320. The molecule has 3 aromatic rings. The van der Waals surface area contributed by atoms with Crippen LogP contribution in [0.4, 0.5) is 4.79 Å². The Kier molecular flexibility index (Phi) is 8.77. The lowest BCUT2D eigenvalue weighted by molar-refractivity contribution is -0.123. The van der Waals surface area contributed by atoms with Crippen molar-refractivity contribution < 1.29 is 23.8 Å². The Hall–Kier alpha value is -2.75. The second-order valence-electron chi connectivity index (χ2n) is 7.95. The highest BCUT2D eigenvalue weighted by Gasteiger charge is 2.35. The van der Waals surface area contributed by atoms with Crippen molar-refractivity contribution >= 4 is 60.8 Å². The lowest BCUT2D eigenvalue weighted by Gasteiger charge is -2.14. The molecule has 1 aliphatic heterocycles. The molecule has 186 valence electrons. The molecule has 0 bridgehead atoms. The second kappa shape index (κ2) is 12.0. The number of hydrogen-bond acceptors (Lipinski definition) is 6. The number of carbonyl (C=O) groups is 2. The lowest BCUT2D eigenvalue weighted by Crippen LogP contribution is -2.32. The molecule has 0 saturated carbocycles. The highest BCUT2D eigenvalue weighted by molar-refractivity contribution is 9.10. The number of amides is 2. The van der Waals surface area contributed by atoms with E-state index in [1.807, 2.05) is 61.5 Å². The standard InChI is InChI=1S/C27H23Br2NO5S/c1-17-4-3-5-21(12-17)34-11-10-30-26(31)24(36-27(30)32)15-19-13-22(29)25(23(14-19)33-2)35-16-18-6-8-20(28)9-7-18/h3-9,12-15H,10-11,16H2,1-2H3/b24-15-. The van der Waals surface area contributed by atoms with E-state index in [0.717, 1.165) is 27.4 Å². The fraction of sp³-hybridized carbons (Fsp3) is 0.185. The Labute approximate surface area is 230 Å². The van der Waals surface area contributed by atoms with Crippen LogP contribution in [0.2, 0.25) is 0 Å². The van der Waals surface area contributed by atoms with Crippen LogP contribution in [-0.2, 0) is 11.4 Å². The maximum Gasteiger partial charge on any atom is 0.293 e. The predicted octanol–water partition coefficient (Wildman–Crippen LogP) is 7.22. The van der Waals surface area contributed by atoms with Crippen molar-refractivity contribution in [2.24, 2.45) is 0 Å². The van der Waals surface area contributed by atoms with Crippen molar-refractivity contribution in [3.63, 3.8) is 0 Å². The maximum absolute atomic E-state index is 12.9. The van der Waals surface area contributed by atoms with Crippen LogP contribution in [0.5, 0.6) is 17.2 Å². The van der Waals surface area contributed by atoms with E-state index < -0.39 is 0 Å². The zero-order chi connectivity index (χ0) is 25.7. The van der Waals surface area contributed by atoms with Gasteiger partial charge in [0.2, 0.25) is 0 Å². The van der Waals surface area contributed by atoms with Crippen LogP contribution in [0.15, 0.2) is 74.5 Å². The van der Waals surface area contributed by atoms with Gasteiger partial charge in [0, 0.05) is 4.47 Å². The molecule has 4 rings (SSSR count). The summed E-state index contributed by atoms with van der Waals surface area (Å²) >= 11 is 7.88. The van der Waals surface area contributed by atoms with E-state index in [2.05, 4.69) is 31.9 Å². The summed E-state index contributed by atoms with van der Waals surface area (Å²) in [7, 11) is 1.56. The number of thioether (sulfide) groups is 1. The average molecular weight is 633 g/mol. The summed E-state index contributed by atoms with van der Waals surface area (Å²) < 4.78 is 18.9. The van der Waals surface area contributed by atoms with Gasteiger partial charge in [0.05, 0.1) is 23.0 Å². The molecule has 0 aliphatic carbocycles. The molecule has 3 aromatic carbocycles. The van der Waals surface area contributed by atoms with Crippen LogP contribution < -0.4 is 14.2 Å². The molecule has 0 unspecified atom stereocenters. The van der Waals surface area contributed by atoms with E-state index in [9.17, 15) is 9.59 Å².